The SMILES string of the molecule is O=C(CCCCC1CCSS1)NCC(O)CO. The number of carbonyl (C=O) groups is 1. The van der Waals surface area contributed by atoms with Gasteiger partial charge in [-0.25, -0.2) is 0 Å². The molecule has 0 radical (unpaired) electrons. The number of rotatable bonds is 8. The molecule has 4 nitrogen and oxygen atoms in total. The summed E-state index contributed by atoms with van der Waals surface area (Å²) in [7, 11) is 3.92. The lowest BCUT2D eigenvalue weighted by molar-refractivity contribution is -0.121. The zero-order valence-electron chi connectivity index (χ0n) is 9.93. The summed E-state index contributed by atoms with van der Waals surface area (Å²) >= 11 is 0. The van der Waals surface area contributed by atoms with Crippen molar-refractivity contribution >= 4 is 27.5 Å². The molecule has 1 heterocycles. The van der Waals surface area contributed by atoms with Crippen LogP contribution >= 0.6 is 21.6 Å². The quantitative estimate of drug-likeness (QED) is 0.460. The number of amides is 1. The van der Waals surface area contributed by atoms with E-state index in [1.54, 1.807) is 0 Å². The Balaban J connectivity index is 1.92. The van der Waals surface area contributed by atoms with E-state index in [0.29, 0.717) is 6.42 Å². The molecule has 0 aromatic carbocycles. The molecule has 0 aromatic rings. The Morgan fingerprint density at radius 1 is 1.47 bits per heavy atom. The summed E-state index contributed by atoms with van der Waals surface area (Å²) in [5.41, 5.74) is 0. The zero-order chi connectivity index (χ0) is 12.5. The maximum atomic E-state index is 11.3. The van der Waals surface area contributed by atoms with Gasteiger partial charge in [0.1, 0.15) is 0 Å². The molecule has 0 aliphatic carbocycles. The third-order valence-electron chi connectivity index (χ3n) is 2.65. The van der Waals surface area contributed by atoms with Crippen LogP contribution in [0.3, 0.4) is 0 Å². The second kappa shape index (κ2) is 9.08. The van der Waals surface area contributed by atoms with E-state index in [1.165, 1.54) is 18.6 Å². The van der Waals surface area contributed by atoms with Gasteiger partial charge < -0.3 is 15.5 Å². The zero-order valence-corrected chi connectivity index (χ0v) is 11.6. The summed E-state index contributed by atoms with van der Waals surface area (Å²) in [6.45, 7) is -0.165. The Morgan fingerprint density at radius 3 is 2.94 bits per heavy atom. The first kappa shape index (κ1) is 15.1. The lowest BCUT2D eigenvalue weighted by atomic mass is 10.1. The van der Waals surface area contributed by atoms with E-state index in [0.717, 1.165) is 18.1 Å². The first-order valence-corrected chi connectivity index (χ1v) is 8.44. The summed E-state index contributed by atoms with van der Waals surface area (Å²) in [6.07, 6.45) is 4.17. The molecular weight excluding hydrogens is 258 g/mol. The normalized spacial score (nSPS) is 21.4. The van der Waals surface area contributed by atoms with Crippen molar-refractivity contribution in [3.05, 3.63) is 0 Å². The lowest BCUT2D eigenvalue weighted by Crippen LogP contribution is -2.33. The van der Waals surface area contributed by atoms with E-state index in [9.17, 15) is 4.79 Å². The maximum absolute atomic E-state index is 11.3. The molecule has 0 aromatic heterocycles. The molecule has 0 spiro atoms. The minimum Gasteiger partial charge on any atom is -0.394 e. The molecule has 0 bridgehead atoms. The molecule has 0 saturated carbocycles. The van der Waals surface area contributed by atoms with Crippen LogP contribution in [0.25, 0.3) is 0 Å². The van der Waals surface area contributed by atoms with Gasteiger partial charge in [0.05, 0.1) is 12.7 Å². The van der Waals surface area contributed by atoms with Gasteiger partial charge in [0, 0.05) is 24.0 Å². The number of aliphatic hydroxyl groups is 2. The molecule has 1 amide bonds. The fraction of sp³-hybridized carbons (Fsp3) is 0.909. The highest BCUT2D eigenvalue weighted by atomic mass is 33.1. The Morgan fingerprint density at radius 2 is 2.29 bits per heavy atom. The van der Waals surface area contributed by atoms with Crippen LogP contribution < -0.4 is 5.32 Å². The van der Waals surface area contributed by atoms with Gasteiger partial charge in [0.2, 0.25) is 5.91 Å². The molecule has 1 rings (SSSR count). The van der Waals surface area contributed by atoms with Gasteiger partial charge in [-0.3, -0.25) is 4.79 Å². The topological polar surface area (TPSA) is 69.6 Å². The van der Waals surface area contributed by atoms with Crippen LogP contribution in [0.5, 0.6) is 0 Å². The Labute approximate surface area is 110 Å². The highest BCUT2D eigenvalue weighted by Crippen LogP contribution is 2.39. The summed E-state index contributed by atoms with van der Waals surface area (Å²) in [5.74, 6) is 1.22. The molecule has 1 aliphatic heterocycles. The van der Waals surface area contributed by atoms with Crippen LogP contribution in [0.4, 0.5) is 0 Å². The number of aliphatic hydroxyl groups excluding tert-OH is 2. The minimum absolute atomic E-state index is 0.0362. The van der Waals surface area contributed by atoms with Crippen LogP contribution in [-0.4, -0.2) is 46.4 Å². The number of hydrogen-bond acceptors (Lipinski definition) is 5. The van der Waals surface area contributed by atoms with Crippen molar-refractivity contribution in [1.82, 2.24) is 5.32 Å². The number of unbranched alkanes of at least 4 members (excludes halogenated alkanes) is 1. The van der Waals surface area contributed by atoms with Gasteiger partial charge in [-0.1, -0.05) is 28.0 Å². The number of hydrogen-bond donors (Lipinski definition) is 3. The van der Waals surface area contributed by atoms with Crippen LogP contribution in [-0.2, 0) is 4.79 Å². The third kappa shape index (κ3) is 7.18. The molecule has 3 N–H and O–H groups in total. The summed E-state index contributed by atoms with van der Waals surface area (Å²) < 4.78 is 0. The first-order valence-electron chi connectivity index (χ1n) is 6.06. The fourth-order valence-electron chi connectivity index (χ4n) is 1.61. The molecule has 1 fully saturated rings. The average Bonchev–Trinajstić information content (AvgIpc) is 2.84. The molecule has 6 heteroatoms. The Bertz CT molecular complexity index is 223. The van der Waals surface area contributed by atoms with Crippen LogP contribution in [0, 0.1) is 0 Å². The van der Waals surface area contributed by atoms with E-state index in [4.69, 9.17) is 10.2 Å². The Hall–Kier alpha value is 0.0900. The lowest BCUT2D eigenvalue weighted by Gasteiger charge is -2.09. The van der Waals surface area contributed by atoms with E-state index in [1.807, 2.05) is 21.6 Å². The van der Waals surface area contributed by atoms with E-state index in [-0.39, 0.29) is 19.1 Å². The molecular formula is C11H21NO3S2. The van der Waals surface area contributed by atoms with Gasteiger partial charge in [0.25, 0.3) is 0 Å². The van der Waals surface area contributed by atoms with Crippen LogP contribution in [0.1, 0.15) is 32.1 Å². The fourth-order valence-corrected chi connectivity index (χ4v) is 4.63. The van der Waals surface area contributed by atoms with Crippen molar-refractivity contribution in [1.29, 1.82) is 0 Å². The van der Waals surface area contributed by atoms with Crippen LogP contribution in [0.2, 0.25) is 0 Å². The summed E-state index contributed by atoms with van der Waals surface area (Å²) in [4.78, 5) is 11.3. The monoisotopic (exact) mass is 279 g/mol. The van der Waals surface area contributed by atoms with Gasteiger partial charge in [-0.15, -0.1) is 0 Å². The average molecular weight is 279 g/mol. The van der Waals surface area contributed by atoms with Crippen molar-refractivity contribution in [2.24, 2.45) is 0 Å². The summed E-state index contributed by atoms with van der Waals surface area (Å²) in [6, 6.07) is 0. The van der Waals surface area contributed by atoms with Gasteiger partial charge in [-0.05, 0) is 19.3 Å². The highest BCUT2D eigenvalue weighted by molar-refractivity contribution is 8.77. The molecule has 1 aliphatic rings. The first-order chi connectivity index (χ1) is 8.22. The molecule has 2 atom stereocenters. The predicted molar refractivity (Wildman–Crippen MR) is 73.0 cm³/mol. The van der Waals surface area contributed by atoms with Crippen molar-refractivity contribution < 1.29 is 15.0 Å². The largest absolute Gasteiger partial charge is 0.394 e. The van der Waals surface area contributed by atoms with E-state index >= 15 is 0 Å². The maximum Gasteiger partial charge on any atom is 0.220 e. The predicted octanol–water partition coefficient (Wildman–Crippen LogP) is 1.17. The van der Waals surface area contributed by atoms with E-state index in [2.05, 4.69) is 5.32 Å². The van der Waals surface area contributed by atoms with Crippen LogP contribution in [0.15, 0.2) is 0 Å². The third-order valence-corrected chi connectivity index (χ3v) is 5.66. The standard InChI is InChI=1S/C11H21NO3S2/c13-8-9(14)7-12-11(15)4-2-1-3-10-5-6-16-17-10/h9-10,13-14H,1-8H2,(H,12,15). The Kier molecular flexibility index (Phi) is 8.09. The highest BCUT2D eigenvalue weighted by Gasteiger charge is 2.15. The molecule has 100 valence electrons. The second-order valence-electron chi connectivity index (χ2n) is 4.22. The van der Waals surface area contributed by atoms with Gasteiger partial charge in [-0.2, -0.15) is 0 Å². The van der Waals surface area contributed by atoms with Crippen molar-refractivity contribution in [3.8, 4) is 0 Å². The number of carbonyl (C=O) groups excluding carboxylic acids is 1. The smallest absolute Gasteiger partial charge is 0.220 e. The number of nitrogens with one attached hydrogen (secondary N) is 1. The van der Waals surface area contributed by atoms with E-state index < -0.39 is 6.10 Å². The van der Waals surface area contributed by atoms with Crippen molar-refractivity contribution in [2.75, 3.05) is 18.9 Å². The van der Waals surface area contributed by atoms with Gasteiger partial charge in [0.15, 0.2) is 0 Å². The minimum atomic E-state index is -0.842. The molecule has 17 heavy (non-hydrogen) atoms. The van der Waals surface area contributed by atoms with Crippen molar-refractivity contribution in [3.63, 3.8) is 0 Å². The van der Waals surface area contributed by atoms with Crippen molar-refractivity contribution in [2.45, 2.75) is 43.5 Å². The summed E-state index contributed by atoms with van der Waals surface area (Å²) in [5, 5.41) is 21.0. The molecule has 2 unspecified atom stereocenters. The van der Waals surface area contributed by atoms with Gasteiger partial charge >= 0.3 is 0 Å². The second-order valence-corrected chi connectivity index (χ2v) is 7.00. The molecule has 1 saturated heterocycles.